The highest BCUT2D eigenvalue weighted by Crippen LogP contribution is 2.26. The Labute approximate surface area is 118 Å². The minimum atomic E-state index is -0.558. The van der Waals surface area contributed by atoms with Crippen molar-refractivity contribution in [3.05, 3.63) is 39.8 Å². The third-order valence-electron chi connectivity index (χ3n) is 2.36. The van der Waals surface area contributed by atoms with Gasteiger partial charge in [-0.05, 0) is 19.1 Å². The lowest BCUT2D eigenvalue weighted by atomic mass is 10.1. The van der Waals surface area contributed by atoms with E-state index in [1.54, 1.807) is 24.4 Å². The highest BCUT2D eigenvalue weighted by Gasteiger charge is 2.10. The molecule has 0 atom stereocenters. The normalized spacial score (nSPS) is 10.1. The first-order valence-electron chi connectivity index (χ1n) is 5.74. The minimum Gasteiger partial charge on any atom is -0.450 e. The maximum absolute atomic E-state index is 11.2. The van der Waals surface area contributed by atoms with Gasteiger partial charge in [-0.1, -0.05) is 0 Å². The van der Waals surface area contributed by atoms with E-state index >= 15 is 0 Å². The summed E-state index contributed by atoms with van der Waals surface area (Å²) in [7, 11) is 0. The molecule has 8 heteroatoms. The molecular formula is C12H11N3O4S. The highest BCUT2D eigenvalue weighted by atomic mass is 32.1. The SMILES string of the molecule is CCOC(=O)Nc1nc(-c2ccc([N+](=O)[O-])cc2)cs1. The van der Waals surface area contributed by atoms with E-state index in [2.05, 4.69) is 10.3 Å². The number of non-ortho nitro benzene ring substituents is 1. The summed E-state index contributed by atoms with van der Waals surface area (Å²) in [5.74, 6) is 0. The molecule has 0 unspecified atom stereocenters. The Morgan fingerprint density at radius 2 is 2.15 bits per heavy atom. The average molecular weight is 293 g/mol. The van der Waals surface area contributed by atoms with Crippen LogP contribution in [0.1, 0.15) is 6.92 Å². The third-order valence-corrected chi connectivity index (χ3v) is 3.12. The van der Waals surface area contributed by atoms with Gasteiger partial charge in [-0.25, -0.2) is 9.78 Å². The first-order valence-corrected chi connectivity index (χ1v) is 6.62. The summed E-state index contributed by atoms with van der Waals surface area (Å²) in [6.07, 6.45) is -0.558. The van der Waals surface area contributed by atoms with Crippen LogP contribution < -0.4 is 5.32 Å². The van der Waals surface area contributed by atoms with Crippen LogP contribution in [0.5, 0.6) is 0 Å². The van der Waals surface area contributed by atoms with Crippen molar-refractivity contribution in [3.63, 3.8) is 0 Å². The van der Waals surface area contributed by atoms with Gasteiger partial charge in [0, 0.05) is 23.1 Å². The molecule has 1 amide bonds. The van der Waals surface area contributed by atoms with Crippen LogP contribution in [0.2, 0.25) is 0 Å². The number of carbonyl (C=O) groups is 1. The predicted molar refractivity (Wildman–Crippen MR) is 74.8 cm³/mol. The highest BCUT2D eigenvalue weighted by molar-refractivity contribution is 7.14. The van der Waals surface area contributed by atoms with Gasteiger partial charge in [0.25, 0.3) is 5.69 Å². The number of amides is 1. The van der Waals surface area contributed by atoms with Crippen molar-refractivity contribution < 1.29 is 14.5 Å². The Balaban J connectivity index is 2.12. The number of nitrogens with one attached hydrogen (secondary N) is 1. The second-order valence-electron chi connectivity index (χ2n) is 3.69. The van der Waals surface area contributed by atoms with Crippen LogP contribution in [-0.2, 0) is 4.74 Å². The van der Waals surface area contributed by atoms with Gasteiger partial charge in [-0.15, -0.1) is 11.3 Å². The molecule has 7 nitrogen and oxygen atoms in total. The quantitative estimate of drug-likeness (QED) is 0.689. The van der Waals surface area contributed by atoms with Crippen LogP contribution in [0.3, 0.4) is 0 Å². The fourth-order valence-electron chi connectivity index (χ4n) is 1.47. The molecule has 0 fully saturated rings. The molecule has 0 aliphatic rings. The van der Waals surface area contributed by atoms with Crippen molar-refractivity contribution >= 4 is 28.2 Å². The number of nitro groups is 1. The molecule has 0 spiro atoms. The third kappa shape index (κ3) is 3.29. The zero-order valence-corrected chi connectivity index (χ0v) is 11.3. The molecule has 0 saturated heterocycles. The first kappa shape index (κ1) is 13.9. The maximum atomic E-state index is 11.2. The average Bonchev–Trinajstić information content (AvgIpc) is 2.87. The van der Waals surface area contributed by atoms with Crippen molar-refractivity contribution in [1.82, 2.24) is 4.98 Å². The van der Waals surface area contributed by atoms with Crippen LogP contribution >= 0.6 is 11.3 Å². The van der Waals surface area contributed by atoms with E-state index < -0.39 is 11.0 Å². The lowest BCUT2D eigenvalue weighted by Crippen LogP contribution is -2.12. The number of thiazole rings is 1. The molecule has 0 saturated carbocycles. The van der Waals surface area contributed by atoms with Crippen molar-refractivity contribution in [3.8, 4) is 11.3 Å². The number of ether oxygens (including phenoxy) is 1. The van der Waals surface area contributed by atoms with Crippen LogP contribution in [-0.4, -0.2) is 22.6 Å². The van der Waals surface area contributed by atoms with Gasteiger partial charge in [-0.3, -0.25) is 15.4 Å². The van der Waals surface area contributed by atoms with Crippen molar-refractivity contribution in [1.29, 1.82) is 0 Å². The second-order valence-corrected chi connectivity index (χ2v) is 4.55. The van der Waals surface area contributed by atoms with Gasteiger partial charge in [0.1, 0.15) is 0 Å². The van der Waals surface area contributed by atoms with Crippen molar-refractivity contribution in [2.75, 3.05) is 11.9 Å². The zero-order valence-electron chi connectivity index (χ0n) is 10.5. The molecule has 0 radical (unpaired) electrons. The summed E-state index contributed by atoms with van der Waals surface area (Å²) in [6.45, 7) is 2.00. The molecule has 0 aliphatic heterocycles. The van der Waals surface area contributed by atoms with Gasteiger partial charge >= 0.3 is 6.09 Å². The predicted octanol–water partition coefficient (Wildman–Crippen LogP) is 3.29. The zero-order chi connectivity index (χ0) is 14.5. The maximum Gasteiger partial charge on any atom is 0.413 e. The minimum absolute atomic E-state index is 0.0221. The summed E-state index contributed by atoms with van der Waals surface area (Å²) in [5, 5.41) is 15.2. The van der Waals surface area contributed by atoms with E-state index in [0.29, 0.717) is 10.8 Å². The monoisotopic (exact) mass is 293 g/mol. The molecule has 1 N–H and O–H groups in total. The smallest absolute Gasteiger partial charge is 0.413 e. The topological polar surface area (TPSA) is 94.4 Å². The van der Waals surface area contributed by atoms with Crippen LogP contribution in [0, 0.1) is 10.1 Å². The summed E-state index contributed by atoms with van der Waals surface area (Å²) in [5.41, 5.74) is 1.40. The Kier molecular flexibility index (Phi) is 4.26. The summed E-state index contributed by atoms with van der Waals surface area (Å²) < 4.78 is 4.74. The Hall–Kier alpha value is -2.48. The molecule has 0 bridgehead atoms. The number of nitrogens with zero attached hydrogens (tertiary/aromatic N) is 2. The Morgan fingerprint density at radius 3 is 2.75 bits per heavy atom. The van der Waals surface area contributed by atoms with E-state index in [1.165, 1.54) is 23.5 Å². The number of anilines is 1. The van der Waals surface area contributed by atoms with Gasteiger partial charge in [-0.2, -0.15) is 0 Å². The number of carbonyl (C=O) groups excluding carboxylic acids is 1. The molecule has 2 aromatic rings. The van der Waals surface area contributed by atoms with Crippen molar-refractivity contribution in [2.45, 2.75) is 6.92 Å². The molecular weight excluding hydrogens is 282 g/mol. The molecule has 20 heavy (non-hydrogen) atoms. The number of hydrogen-bond donors (Lipinski definition) is 1. The number of hydrogen-bond acceptors (Lipinski definition) is 6. The molecule has 0 aliphatic carbocycles. The summed E-state index contributed by atoms with van der Waals surface area (Å²) >= 11 is 1.25. The number of nitro benzene ring substituents is 1. The van der Waals surface area contributed by atoms with E-state index in [-0.39, 0.29) is 12.3 Å². The number of aromatic nitrogens is 1. The molecule has 104 valence electrons. The van der Waals surface area contributed by atoms with Crippen LogP contribution in [0.25, 0.3) is 11.3 Å². The van der Waals surface area contributed by atoms with E-state index in [1.807, 2.05) is 0 Å². The van der Waals surface area contributed by atoms with E-state index in [9.17, 15) is 14.9 Å². The molecule has 2 rings (SSSR count). The van der Waals surface area contributed by atoms with Gasteiger partial charge in [0.2, 0.25) is 0 Å². The number of rotatable bonds is 4. The lowest BCUT2D eigenvalue weighted by molar-refractivity contribution is -0.384. The van der Waals surface area contributed by atoms with Gasteiger partial charge in [0.15, 0.2) is 5.13 Å². The van der Waals surface area contributed by atoms with Crippen molar-refractivity contribution in [2.24, 2.45) is 0 Å². The fourth-order valence-corrected chi connectivity index (χ4v) is 2.18. The number of benzene rings is 1. The standard InChI is InChI=1S/C12H11N3O4S/c1-2-19-12(16)14-11-13-10(7-20-11)8-3-5-9(6-4-8)15(17)18/h3-7H,2H2,1H3,(H,13,14,16). The summed E-state index contributed by atoms with van der Waals surface area (Å²) in [6, 6.07) is 6.04. The Bertz CT molecular complexity index is 624. The van der Waals surface area contributed by atoms with Crippen LogP contribution in [0.15, 0.2) is 29.6 Å². The second kappa shape index (κ2) is 6.11. The molecule has 1 heterocycles. The van der Waals surface area contributed by atoms with Crippen LogP contribution in [0.4, 0.5) is 15.6 Å². The first-order chi connectivity index (χ1) is 9.60. The molecule has 1 aromatic carbocycles. The lowest BCUT2D eigenvalue weighted by Gasteiger charge is -2.00. The van der Waals surface area contributed by atoms with Gasteiger partial charge < -0.3 is 4.74 Å². The summed E-state index contributed by atoms with van der Waals surface area (Å²) in [4.78, 5) is 25.6. The molecule has 1 aromatic heterocycles. The largest absolute Gasteiger partial charge is 0.450 e. The fraction of sp³-hybridized carbons (Fsp3) is 0.167. The van der Waals surface area contributed by atoms with Gasteiger partial charge in [0.05, 0.1) is 17.2 Å². The van der Waals surface area contributed by atoms with E-state index in [0.717, 1.165) is 5.56 Å². The van der Waals surface area contributed by atoms with E-state index in [4.69, 9.17) is 4.74 Å². The Morgan fingerprint density at radius 1 is 1.45 bits per heavy atom.